The van der Waals surface area contributed by atoms with Crippen LogP contribution in [0.4, 0.5) is 4.79 Å². The Bertz CT molecular complexity index is 2430. The summed E-state index contributed by atoms with van der Waals surface area (Å²) in [6, 6.07) is 1.00. The number of piperazine rings is 2. The van der Waals surface area contributed by atoms with Gasteiger partial charge in [-0.3, -0.25) is 24.0 Å². The number of amides is 6. The number of piperidine rings is 2. The number of nitrogens with one attached hydrogen (secondary N) is 2. The van der Waals surface area contributed by atoms with Crippen molar-refractivity contribution in [2.75, 3.05) is 66.0 Å². The Morgan fingerprint density at radius 2 is 0.636 bits per heavy atom. The first-order valence-electron chi connectivity index (χ1n) is 52.8. The molecule has 11 aliphatic rings. The Hall–Kier alpha value is -3.42. The summed E-state index contributed by atoms with van der Waals surface area (Å²) < 4.78 is 5.43. The molecular weight excluding hydrogens is 1500 g/mol. The zero-order chi connectivity index (χ0) is 92.9. The van der Waals surface area contributed by atoms with E-state index in [-0.39, 0.29) is 29.9 Å². The zero-order valence-electron chi connectivity index (χ0n) is 87.5. The fraction of sp³-hybridized carbons (Fsp3) is 0.944. The first-order valence-corrected chi connectivity index (χ1v) is 52.8. The molecule has 6 amide bonds. The molecule has 720 valence electrons. The lowest BCUT2D eigenvalue weighted by atomic mass is 9.75. The van der Waals surface area contributed by atoms with Crippen molar-refractivity contribution in [1.29, 1.82) is 0 Å². The highest BCUT2D eigenvalue weighted by Crippen LogP contribution is 2.39. The fourth-order valence-electron chi connectivity index (χ4n) is 19.8. The van der Waals surface area contributed by atoms with Crippen LogP contribution < -0.4 is 10.6 Å². The molecule has 4 aliphatic heterocycles. The van der Waals surface area contributed by atoms with Crippen LogP contribution >= 0.6 is 0 Å². The van der Waals surface area contributed by atoms with E-state index in [2.05, 4.69) is 129 Å². The van der Waals surface area contributed by atoms with Gasteiger partial charge in [0.05, 0.1) is 0 Å². The van der Waals surface area contributed by atoms with Crippen molar-refractivity contribution in [2.45, 2.75) is 483 Å². The number of hydrogen-bond acceptors (Lipinski definition) is 8. The molecule has 0 aromatic rings. The highest BCUT2D eigenvalue weighted by atomic mass is 16.6. The molecule has 5 atom stereocenters. The van der Waals surface area contributed by atoms with Crippen LogP contribution in [0.3, 0.4) is 0 Å². The first-order chi connectivity index (χ1) is 57.7. The minimum absolute atomic E-state index is 0.0584. The molecule has 11 fully saturated rings. The third kappa shape index (κ3) is 52.0. The van der Waals surface area contributed by atoms with Crippen molar-refractivity contribution < 1.29 is 33.5 Å². The minimum Gasteiger partial charge on any atom is -0.444 e. The Kier molecular flexibility index (Phi) is 72.9. The highest BCUT2D eigenvalue weighted by molar-refractivity contribution is 5.81. The second-order valence-electron chi connectivity index (χ2n) is 39.9. The van der Waals surface area contributed by atoms with Crippen LogP contribution in [-0.4, -0.2) is 150 Å². The van der Waals surface area contributed by atoms with E-state index in [0.717, 1.165) is 193 Å². The van der Waals surface area contributed by atoms with Crippen LogP contribution in [0.15, 0.2) is 0 Å². The maximum absolute atomic E-state index is 12.8. The zero-order valence-corrected chi connectivity index (χ0v) is 87.5. The van der Waals surface area contributed by atoms with Gasteiger partial charge in [0.2, 0.25) is 29.5 Å². The molecule has 14 nitrogen and oxygen atoms in total. The summed E-state index contributed by atoms with van der Waals surface area (Å²) in [5.74, 6) is 15.2. The van der Waals surface area contributed by atoms with E-state index >= 15 is 0 Å². The number of carbonyl (C=O) groups is 6. The molecule has 121 heavy (non-hydrogen) atoms. The molecule has 0 aromatic heterocycles. The summed E-state index contributed by atoms with van der Waals surface area (Å²) in [5.41, 5.74) is -0.480. The predicted molar refractivity (Wildman–Crippen MR) is 527 cm³/mol. The number of likely N-dealkylation sites (tertiary alicyclic amines) is 2. The lowest BCUT2D eigenvalue weighted by molar-refractivity contribution is -0.141. The van der Waals surface area contributed by atoms with Crippen LogP contribution in [0.25, 0.3) is 0 Å². The Morgan fingerprint density at radius 1 is 0.331 bits per heavy atom. The summed E-state index contributed by atoms with van der Waals surface area (Å²) in [7, 11) is 1.72. The Labute approximate surface area is 755 Å². The van der Waals surface area contributed by atoms with Gasteiger partial charge >= 0.3 is 6.09 Å². The van der Waals surface area contributed by atoms with Gasteiger partial charge in [0.25, 0.3) is 0 Å². The van der Waals surface area contributed by atoms with Gasteiger partial charge in [-0.05, 0) is 324 Å². The quantitative estimate of drug-likeness (QED) is 0.207. The molecule has 0 bridgehead atoms. The molecule has 0 spiro atoms. The summed E-state index contributed by atoms with van der Waals surface area (Å²) in [4.78, 5) is 83.0. The van der Waals surface area contributed by atoms with Crippen molar-refractivity contribution in [3.63, 3.8) is 0 Å². The normalized spacial score (nSPS) is 29.3. The number of ether oxygens (including phenoxy) is 1. The molecule has 14 heteroatoms. The molecule has 2 N–H and O–H groups in total. The van der Waals surface area contributed by atoms with Crippen molar-refractivity contribution in [3.8, 4) is 0 Å². The third-order valence-electron chi connectivity index (χ3n) is 27.5. The van der Waals surface area contributed by atoms with Crippen LogP contribution in [0.5, 0.6) is 0 Å². The van der Waals surface area contributed by atoms with Gasteiger partial charge in [-0.15, -0.1) is 0 Å². The molecule has 11 rings (SSSR count). The maximum Gasteiger partial charge on any atom is 0.410 e. The van der Waals surface area contributed by atoms with E-state index < -0.39 is 5.60 Å². The van der Waals surface area contributed by atoms with Crippen molar-refractivity contribution in [1.82, 2.24) is 35.1 Å². The number of rotatable bonds is 11. The summed E-state index contributed by atoms with van der Waals surface area (Å²) >= 11 is 0. The van der Waals surface area contributed by atoms with Crippen LogP contribution in [0.1, 0.15) is 460 Å². The average molecular weight is 1710 g/mol. The summed E-state index contributed by atoms with van der Waals surface area (Å²) in [6.07, 6.45) is 45.1. The lowest BCUT2D eigenvalue weighted by Crippen LogP contribution is -2.57. The fourth-order valence-corrected chi connectivity index (χ4v) is 19.8. The van der Waals surface area contributed by atoms with Gasteiger partial charge < -0.3 is 39.9 Å². The van der Waals surface area contributed by atoms with Crippen LogP contribution in [-0.2, 0) is 28.7 Å². The summed E-state index contributed by atoms with van der Waals surface area (Å²) in [5, 5.41) is 6.09. The number of carbonyl (C=O) groups excluding carboxylic acids is 6. The van der Waals surface area contributed by atoms with Crippen LogP contribution in [0.2, 0.25) is 0 Å². The molecule has 0 radical (unpaired) electrons. The maximum atomic E-state index is 12.8. The van der Waals surface area contributed by atoms with E-state index in [1.165, 1.54) is 154 Å². The van der Waals surface area contributed by atoms with E-state index in [1.807, 2.05) is 130 Å². The molecule has 4 saturated heterocycles. The molecule has 0 unspecified atom stereocenters. The Morgan fingerprint density at radius 3 is 0.942 bits per heavy atom. The molecule has 7 saturated carbocycles. The van der Waals surface area contributed by atoms with Gasteiger partial charge in [0, 0.05) is 114 Å². The topological polar surface area (TPSA) is 152 Å². The van der Waals surface area contributed by atoms with Gasteiger partial charge in [0.1, 0.15) is 5.60 Å². The predicted octanol–water partition coefficient (Wildman–Crippen LogP) is 28.7. The van der Waals surface area contributed by atoms with Crippen molar-refractivity contribution in [2.24, 2.45) is 107 Å². The van der Waals surface area contributed by atoms with Gasteiger partial charge in [-0.25, -0.2) is 4.79 Å². The highest BCUT2D eigenvalue weighted by Gasteiger charge is 2.38. The smallest absolute Gasteiger partial charge is 0.410 e. The number of nitrogens with zero attached hydrogens (tertiary/aromatic N) is 5. The molecule has 4 heterocycles. The van der Waals surface area contributed by atoms with Crippen molar-refractivity contribution in [3.05, 3.63) is 0 Å². The minimum atomic E-state index is -0.480. The third-order valence-corrected chi connectivity index (χ3v) is 27.5. The van der Waals surface area contributed by atoms with Gasteiger partial charge in [-0.2, -0.15) is 0 Å². The van der Waals surface area contributed by atoms with E-state index in [9.17, 15) is 28.8 Å². The number of hydrogen-bond donors (Lipinski definition) is 2. The largest absolute Gasteiger partial charge is 0.444 e. The van der Waals surface area contributed by atoms with E-state index in [0.29, 0.717) is 73.1 Å². The standard InChI is InChI=1S/C18H32N2O3.C14H25NO.C13H24N2O.C13H23NO.2C13H26.C9H17NO.7C2H6/c1-13-6-8-15(9-7-13)16(21)20-11-10-19(12-14(20)2)17(22)23-18(3,4)5;1-11-6-8-13(9-7-11)14(16)15-10-4-3-5-12(15)2;1-10-3-5-12(6-4-10)13(16)15-8-7-14-11(2)9-15;1-11-5-7-12(8-6-11)13(15)14-9-3-2-4-10-14;2*1-10(2)9-12(4)13-7-5-11(3)6-8-13;1-7-3-5-8(6-4-7)9(11)10-2;7*1-2/h13-15H,6-12H2,1-5H3;11-13H,3-10H2,1-2H3;10-12,14H,3-9H2,1-2H3;11-12H,2-10H2,1H3;2*10-13H,5-9H2,1-4H3;7-8H,3-6H2,1-2H3,(H,10,11);7*1-2H3/t13?,14-,15?;11?,12-,13?;10?,11-,12?;;2*11?,12-,13?;;;;;;;;/m110.10......../s1. The van der Waals surface area contributed by atoms with Crippen LogP contribution in [0, 0.1) is 107 Å². The second kappa shape index (κ2) is 72.5. The molecular formula is C107H215N7O7. The second-order valence-corrected chi connectivity index (χ2v) is 39.9. The van der Waals surface area contributed by atoms with Gasteiger partial charge in [0.15, 0.2) is 0 Å². The van der Waals surface area contributed by atoms with Crippen molar-refractivity contribution >= 4 is 35.6 Å². The SMILES string of the molecule is CC.CC.CC.CC.CC.CC.CC.CC(C)C[C@@H](C)C1CCC(C)CC1.CC(C)C[C@H](C)C1CCC(C)CC1.CC1CCC(C(=O)N2CCCCC2)CC1.CC1CCC(C(=O)N2CCCC[C@H]2C)CC1.CC1CCC(C(=O)N2CCN(C(=O)OC(C)(C)C)C[C@H]2C)CC1.CC1CCC(C(=O)N2CCN[C@@H](C)C2)CC1.CNC(=O)C1CCC(C)CC1. The summed E-state index contributed by atoms with van der Waals surface area (Å²) in [6.45, 7) is 78.1. The average Bonchev–Trinajstić information content (AvgIpc) is 0.814. The molecule has 7 aliphatic carbocycles. The first kappa shape index (κ1) is 122. The lowest BCUT2D eigenvalue weighted by Gasteiger charge is -2.42. The molecule has 0 aromatic carbocycles. The van der Waals surface area contributed by atoms with Gasteiger partial charge in [-0.1, -0.05) is 213 Å². The van der Waals surface area contributed by atoms with E-state index in [1.54, 1.807) is 11.9 Å². The monoisotopic (exact) mass is 1710 g/mol. The Balaban J connectivity index is -0.00000132. The van der Waals surface area contributed by atoms with E-state index in [4.69, 9.17) is 4.74 Å².